The van der Waals surface area contributed by atoms with E-state index >= 15 is 0 Å². The fourth-order valence-corrected chi connectivity index (χ4v) is 3.01. The zero-order chi connectivity index (χ0) is 20.3. The van der Waals surface area contributed by atoms with Crippen molar-refractivity contribution in [3.05, 3.63) is 70.7 Å². The van der Waals surface area contributed by atoms with Crippen molar-refractivity contribution in [1.82, 2.24) is 21.1 Å². The number of nitrogens with one attached hydrogen (secondary N) is 3. The van der Waals surface area contributed by atoms with E-state index < -0.39 is 35.8 Å². The van der Waals surface area contributed by atoms with Gasteiger partial charge in [-0.1, -0.05) is 48.0 Å². The molecular formula is C19H17ClN4O4. The molecule has 1 heterocycles. The molecule has 3 N–H and O–H groups in total. The van der Waals surface area contributed by atoms with E-state index in [1.54, 1.807) is 49.4 Å². The molecule has 8 nitrogen and oxygen atoms in total. The summed E-state index contributed by atoms with van der Waals surface area (Å²) in [5, 5.41) is 2.98. The molecule has 2 aromatic carbocycles. The second-order valence-electron chi connectivity index (χ2n) is 6.33. The first-order valence-corrected chi connectivity index (χ1v) is 8.73. The number of hydrogen-bond donors (Lipinski definition) is 3. The zero-order valence-corrected chi connectivity index (χ0v) is 15.6. The monoisotopic (exact) mass is 400 g/mol. The van der Waals surface area contributed by atoms with Crippen LogP contribution in [0.1, 0.15) is 22.8 Å². The molecule has 0 radical (unpaired) electrons. The van der Waals surface area contributed by atoms with E-state index in [4.69, 9.17) is 11.6 Å². The molecule has 5 amide bonds. The Morgan fingerprint density at radius 1 is 1.07 bits per heavy atom. The minimum Gasteiger partial charge on any atom is -0.319 e. The molecule has 0 aromatic heterocycles. The van der Waals surface area contributed by atoms with Crippen LogP contribution in [0.2, 0.25) is 5.02 Å². The van der Waals surface area contributed by atoms with Crippen molar-refractivity contribution in [2.24, 2.45) is 0 Å². The molecule has 1 aliphatic heterocycles. The fraction of sp³-hybridized carbons (Fsp3) is 0.158. The maximum absolute atomic E-state index is 12.7. The number of rotatable bonds is 4. The largest absolute Gasteiger partial charge is 0.325 e. The molecule has 9 heteroatoms. The number of nitrogens with zero attached hydrogens (tertiary/aromatic N) is 1. The normalized spacial score (nSPS) is 18.6. The summed E-state index contributed by atoms with van der Waals surface area (Å²) in [6.07, 6.45) is 0. The number of benzene rings is 2. The van der Waals surface area contributed by atoms with E-state index in [1.807, 2.05) is 0 Å². The lowest BCUT2D eigenvalue weighted by Gasteiger charge is -2.22. The smallest absolute Gasteiger partial charge is 0.319 e. The van der Waals surface area contributed by atoms with Gasteiger partial charge >= 0.3 is 6.03 Å². The first kappa shape index (κ1) is 19.4. The van der Waals surface area contributed by atoms with Crippen molar-refractivity contribution in [2.75, 3.05) is 6.54 Å². The van der Waals surface area contributed by atoms with Gasteiger partial charge in [0.1, 0.15) is 12.1 Å². The van der Waals surface area contributed by atoms with Crippen LogP contribution in [0.25, 0.3) is 0 Å². The Balaban J connectivity index is 1.62. The topological polar surface area (TPSA) is 108 Å². The van der Waals surface area contributed by atoms with E-state index in [9.17, 15) is 19.2 Å². The predicted molar refractivity (Wildman–Crippen MR) is 101 cm³/mol. The summed E-state index contributed by atoms with van der Waals surface area (Å²) in [5.74, 6) is -1.86. The van der Waals surface area contributed by atoms with Crippen LogP contribution in [-0.4, -0.2) is 35.2 Å². The molecule has 1 saturated heterocycles. The van der Waals surface area contributed by atoms with Crippen LogP contribution in [0.4, 0.5) is 4.79 Å². The standard InChI is InChI=1S/C19H17ClN4O4/c1-19(13-7-3-2-4-8-13)17(27)24(18(28)21-19)11-15(25)22-23-16(26)12-6-5-9-14(20)10-12/h2-10H,11H2,1H3,(H,21,28)(H,22,25)(H,23,26)/t19-/m1/s1. The molecule has 3 rings (SSSR count). The molecular weight excluding hydrogens is 384 g/mol. The summed E-state index contributed by atoms with van der Waals surface area (Å²) in [7, 11) is 0. The summed E-state index contributed by atoms with van der Waals surface area (Å²) >= 11 is 5.82. The number of carbonyl (C=O) groups is 4. The van der Waals surface area contributed by atoms with Gasteiger partial charge in [0.2, 0.25) is 0 Å². The fourth-order valence-electron chi connectivity index (χ4n) is 2.82. The first-order valence-electron chi connectivity index (χ1n) is 8.35. The number of carbonyl (C=O) groups excluding carboxylic acids is 4. The quantitative estimate of drug-likeness (QED) is 0.534. The van der Waals surface area contributed by atoms with Crippen molar-refractivity contribution in [1.29, 1.82) is 0 Å². The van der Waals surface area contributed by atoms with Gasteiger partial charge in [-0.3, -0.25) is 30.1 Å². The molecule has 1 aliphatic rings. The van der Waals surface area contributed by atoms with Crippen molar-refractivity contribution < 1.29 is 19.2 Å². The number of amides is 5. The van der Waals surface area contributed by atoms with Crippen LogP contribution >= 0.6 is 11.6 Å². The lowest BCUT2D eigenvalue weighted by molar-refractivity contribution is -0.135. The van der Waals surface area contributed by atoms with Gasteiger partial charge < -0.3 is 5.32 Å². The van der Waals surface area contributed by atoms with Crippen LogP contribution in [0.3, 0.4) is 0 Å². The summed E-state index contributed by atoms with van der Waals surface area (Å²) in [6, 6.07) is 14.2. The number of urea groups is 1. The minimum atomic E-state index is -1.26. The number of halogens is 1. The van der Waals surface area contributed by atoms with Gasteiger partial charge in [0.05, 0.1) is 0 Å². The molecule has 0 bridgehead atoms. The van der Waals surface area contributed by atoms with Gasteiger partial charge in [-0.25, -0.2) is 4.79 Å². The van der Waals surface area contributed by atoms with Crippen LogP contribution in [0.5, 0.6) is 0 Å². The average Bonchev–Trinajstić information content (AvgIpc) is 2.91. The number of hydrogen-bond acceptors (Lipinski definition) is 4. The first-order chi connectivity index (χ1) is 13.3. The highest BCUT2D eigenvalue weighted by molar-refractivity contribution is 6.31. The second-order valence-corrected chi connectivity index (χ2v) is 6.76. The molecule has 28 heavy (non-hydrogen) atoms. The van der Waals surface area contributed by atoms with Crippen LogP contribution < -0.4 is 16.2 Å². The van der Waals surface area contributed by atoms with E-state index in [0.29, 0.717) is 10.6 Å². The Morgan fingerprint density at radius 3 is 2.46 bits per heavy atom. The average molecular weight is 401 g/mol. The van der Waals surface area contributed by atoms with Gasteiger partial charge in [0, 0.05) is 10.6 Å². The zero-order valence-electron chi connectivity index (χ0n) is 14.9. The van der Waals surface area contributed by atoms with E-state index in [2.05, 4.69) is 16.2 Å². The maximum Gasteiger partial charge on any atom is 0.325 e. The Hall–Kier alpha value is -3.39. The Labute approximate surface area is 165 Å². The van der Waals surface area contributed by atoms with Gasteiger partial charge in [-0.2, -0.15) is 0 Å². The minimum absolute atomic E-state index is 0.249. The van der Waals surface area contributed by atoms with Crippen LogP contribution in [0.15, 0.2) is 54.6 Å². The van der Waals surface area contributed by atoms with Gasteiger partial charge in [0.25, 0.3) is 17.7 Å². The third-order valence-electron chi connectivity index (χ3n) is 4.33. The summed E-state index contributed by atoms with van der Waals surface area (Å²) in [5.41, 5.74) is 3.99. The molecule has 144 valence electrons. The Bertz CT molecular complexity index is 950. The third-order valence-corrected chi connectivity index (χ3v) is 4.57. The summed E-state index contributed by atoms with van der Waals surface area (Å²) in [6.45, 7) is 1.03. The predicted octanol–water partition coefficient (Wildman–Crippen LogP) is 1.57. The number of hydrazine groups is 1. The lowest BCUT2D eigenvalue weighted by atomic mass is 9.92. The van der Waals surface area contributed by atoms with Gasteiger partial charge in [-0.05, 0) is 30.7 Å². The van der Waals surface area contributed by atoms with Gasteiger partial charge in [-0.15, -0.1) is 0 Å². The van der Waals surface area contributed by atoms with E-state index in [0.717, 1.165) is 4.90 Å². The Kier molecular flexibility index (Phi) is 5.32. The highest BCUT2D eigenvalue weighted by Crippen LogP contribution is 2.28. The molecule has 1 fully saturated rings. The SMILES string of the molecule is C[C@]1(c2ccccc2)NC(=O)N(CC(=O)NNC(=O)c2cccc(Cl)c2)C1=O. The molecule has 2 aromatic rings. The highest BCUT2D eigenvalue weighted by atomic mass is 35.5. The van der Waals surface area contributed by atoms with Crippen molar-refractivity contribution >= 4 is 35.4 Å². The summed E-state index contributed by atoms with van der Waals surface area (Å²) < 4.78 is 0. The van der Waals surface area contributed by atoms with Crippen molar-refractivity contribution in [2.45, 2.75) is 12.5 Å². The van der Waals surface area contributed by atoms with Gasteiger partial charge in [0.15, 0.2) is 0 Å². The summed E-state index contributed by atoms with van der Waals surface area (Å²) in [4.78, 5) is 49.9. The molecule has 0 aliphatic carbocycles. The van der Waals surface area contributed by atoms with Crippen molar-refractivity contribution in [3.63, 3.8) is 0 Å². The number of imide groups is 1. The maximum atomic E-state index is 12.7. The lowest BCUT2D eigenvalue weighted by Crippen LogP contribution is -2.48. The third kappa shape index (κ3) is 3.81. The van der Waals surface area contributed by atoms with Crippen LogP contribution in [0, 0.1) is 0 Å². The molecule has 1 atom stereocenters. The molecule has 0 unspecified atom stereocenters. The Morgan fingerprint density at radius 2 is 1.79 bits per heavy atom. The van der Waals surface area contributed by atoms with Crippen LogP contribution in [-0.2, 0) is 15.1 Å². The van der Waals surface area contributed by atoms with E-state index in [1.165, 1.54) is 12.1 Å². The van der Waals surface area contributed by atoms with E-state index in [-0.39, 0.29) is 5.56 Å². The molecule has 0 saturated carbocycles. The molecule has 0 spiro atoms. The second kappa shape index (κ2) is 7.69. The van der Waals surface area contributed by atoms with Crippen molar-refractivity contribution in [3.8, 4) is 0 Å². The highest BCUT2D eigenvalue weighted by Gasteiger charge is 2.49.